The van der Waals surface area contributed by atoms with Crippen LogP contribution in [0, 0.1) is 11.3 Å². The Morgan fingerprint density at radius 1 is 1.26 bits per heavy atom. The van der Waals surface area contributed by atoms with Crippen molar-refractivity contribution in [3.05, 3.63) is 0 Å². The van der Waals surface area contributed by atoms with Gasteiger partial charge in [-0.25, -0.2) is 0 Å². The molecule has 1 heterocycles. The Hall–Kier alpha value is -0.120. The van der Waals surface area contributed by atoms with Gasteiger partial charge in [-0.2, -0.15) is 0 Å². The van der Waals surface area contributed by atoms with Crippen LogP contribution in [0.25, 0.3) is 0 Å². The number of ether oxygens (including phenoxy) is 1. The molecule has 0 aromatic carbocycles. The van der Waals surface area contributed by atoms with E-state index in [1.807, 2.05) is 7.11 Å². The lowest BCUT2D eigenvalue weighted by Crippen LogP contribution is -2.62. The predicted molar refractivity (Wildman–Crippen MR) is 80.2 cm³/mol. The largest absolute Gasteiger partial charge is 0.379 e. The number of nitrogens with two attached hydrogens (primary N) is 1. The molecule has 3 atom stereocenters. The summed E-state index contributed by atoms with van der Waals surface area (Å²) in [5, 5.41) is 0. The second-order valence-electron chi connectivity index (χ2n) is 7.58. The van der Waals surface area contributed by atoms with Crippen LogP contribution in [0.5, 0.6) is 0 Å². The van der Waals surface area contributed by atoms with Crippen LogP contribution in [-0.2, 0) is 4.74 Å². The highest BCUT2D eigenvalue weighted by Gasteiger charge is 2.48. The highest BCUT2D eigenvalue weighted by molar-refractivity contribution is 5.04. The molecule has 2 aliphatic rings. The van der Waals surface area contributed by atoms with Crippen LogP contribution in [0.2, 0.25) is 0 Å². The van der Waals surface area contributed by atoms with Crippen molar-refractivity contribution in [3.8, 4) is 0 Å². The number of hydrogen-bond donors (Lipinski definition) is 1. The van der Waals surface area contributed by atoms with Gasteiger partial charge in [-0.15, -0.1) is 0 Å². The summed E-state index contributed by atoms with van der Waals surface area (Å²) in [6, 6.07) is 0. The molecular formula is C16H32N2O. The Balaban J connectivity index is 2.13. The van der Waals surface area contributed by atoms with E-state index < -0.39 is 0 Å². The van der Waals surface area contributed by atoms with E-state index in [1.54, 1.807) is 0 Å². The number of hydrogen-bond acceptors (Lipinski definition) is 3. The topological polar surface area (TPSA) is 38.5 Å². The van der Waals surface area contributed by atoms with Gasteiger partial charge in [-0.3, -0.25) is 4.90 Å². The van der Waals surface area contributed by atoms with Crippen LogP contribution >= 0.6 is 0 Å². The monoisotopic (exact) mass is 268 g/mol. The van der Waals surface area contributed by atoms with Gasteiger partial charge in [-0.1, -0.05) is 33.6 Å². The van der Waals surface area contributed by atoms with E-state index in [-0.39, 0.29) is 5.54 Å². The highest BCUT2D eigenvalue weighted by Crippen LogP contribution is 2.41. The second kappa shape index (κ2) is 5.71. The Kier molecular flexibility index (Phi) is 4.59. The quantitative estimate of drug-likeness (QED) is 0.855. The molecule has 2 fully saturated rings. The smallest absolute Gasteiger partial charge is 0.0767 e. The molecule has 112 valence electrons. The van der Waals surface area contributed by atoms with Crippen molar-refractivity contribution >= 4 is 0 Å². The van der Waals surface area contributed by atoms with Gasteiger partial charge in [0.1, 0.15) is 0 Å². The standard InChI is InChI=1S/C16H32N2O/c1-15(2,3)13-8-10-18(11-13)16(12-17)9-6-5-7-14(16)19-4/h13-14H,5-12,17H2,1-4H3. The van der Waals surface area contributed by atoms with Crippen molar-refractivity contribution in [3.63, 3.8) is 0 Å². The fourth-order valence-corrected chi connectivity index (χ4v) is 4.12. The molecule has 0 aromatic heterocycles. The summed E-state index contributed by atoms with van der Waals surface area (Å²) in [6.07, 6.45) is 6.60. The third kappa shape index (κ3) is 2.84. The summed E-state index contributed by atoms with van der Waals surface area (Å²) in [6.45, 7) is 10.2. The van der Waals surface area contributed by atoms with E-state index in [1.165, 1.54) is 45.2 Å². The zero-order chi connectivity index (χ0) is 14.1. The van der Waals surface area contributed by atoms with E-state index in [2.05, 4.69) is 25.7 Å². The molecule has 1 aliphatic heterocycles. The van der Waals surface area contributed by atoms with Crippen molar-refractivity contribution in [2.45, 2.75) is 64.5 Å². The molecule has 2 rings (SSSR count). The fourth-order valence-electron chi connectivity index (χ4n) is 4.12. The third-order valence-corrected chi connectivity index (χ3v) is 5.61. The van der Waals surface area contributed by atoms with Crippen molar-refractivity contribution < 1.29 is 4.74 Å². The van der Waals surface area contributed by atoms with Gasteiger partial charge in [-0.05, 0) is 37.1 Å². The third-order valence-electron chi connectivity index (χ3n) is 5.61. The summed E-state index contributed by atoms with van der Waals surface area (Å²) in [4.78, 5) is 2.66. The minimum atomic E-state index is 0.104. The molecule has 0 bridgehead atoms. The molecule has 1 saturated carbocycles. The molecular weight excluding hydrogens is 236 g/mol. The Bertz CT molecular complexity index is 300. The number of methoxy groups -OCH3 is 1. The van der Waals surface area contributed by atoms with Crippen LogP contribution in [0.15, 0.2) is 0 Å². The highest BCUT2D eigenvalue weighted by atomic mass is 16.5. The zero-order valence-electron chi connectivity index (χ0n) is 13.2. The molecule has 1 saturated heterocycles. The number of nitrogens with zero attached hydrogens (tertiary/aromatic N) is 1. The van der Waals surface area contributed by atoms with Crippen molar-refractivity contribution in [1.82, 2.24) is 4.90 Å². The normalized spacial score (nSPS) is 37.7. The Morgan fingerprint density at radius 2 is 2.00 bits per heavy atom. The molecule has 3 heteroatoms. The van der Waals surface area contributed by atoms with Gasteiger partial charge in [0, 0.05) is 20.2 Å². The minimum absolute atomic E-state index is 0.104. The average Bonchev–Trinajstić information content (AvgIpc) is 2.88. The first-order chi connectivity index (χ1) is 8.94. The van der Waals surface area contributed by atoms with Crippen LogP contribution in [0.1, 0.15) is 52.9 Å². The van der Waals surface area contributed by atoms with Crippen LogP contribution in [0.3, 0.4) is 0 Å². The molecule has 19 heavy (non-hydrogen) atoms. The lowest BCUT2D eigenvalue weighted by atomic mass is 9.77. The van der Waals surface area contributed by atoms with Crippen molar-refractivity contribution in [1.29, 1.82) is 0 Å². The number of likely N-dealkylation sites (tertiary alicyclic amines) is 1. The van der Waals surface area contributed by atoms with Crippen LogP contribution in [-0.4, -0.2) is 43.3 Å². The maximum atomic E-state index is 6.22. The summed E-state index contributed by atoms with van der Waals surface area (Å²) in [5.41, 5.74) is 6.73. The summed E-state index contributed by atoms with van der Waals surface area (Å²) in [5.74, 6) is 0.787. The summed E-state index contributed by atoms with van der Waals surface area (Å²) >= 11 is 0. The first-order valence-corrected chi connectivity index (χ1v) is 7.92. The molecule has 2 N–H and O–H groups in total. The molecule has 3 unspecified atom stereocenters. The lowest BCUT2D eigenvalue weighted by molar-refractivity contribution is -0.0694. The maximum Gasteiger partial charge on any atom is 0.0767 e. The van der Waals surface area contributed by atoms with Crippen LogP contribution in [0.4, 0.5) is 0 Å². The molecule has 0 spiro atoms. The van der Waals surface area contributed by atoms with Crippen molar-refractivity contribution in [2.75, 3.05) is 26.7 Å². The summed E-state index contributed by atoms with van der Waals surface area (Å²) < 4.78 is 5.81. The van der Waals surface area contributed by atoms with E-state index >= 15 is 0 Å². The maximum absolute atomic E-state index is 6.22. The molecule has 0 amide bonds. The first-order valence-electron chi connectivity index (χ1n) is 7.92. The fraction of sp³-hybridized carbons (Fsp3) is 1.00. The first kappa shape index (κ1) is 15.3. The van der Waals surface area contributed by atoms with E-state index in [0.29, 0.717) is 11.5 Å². The predicted octanol–water partition coefficient (Wildman–Crippen LogP) is 2.64. The Morgan fingerprint density at radius 3 is 2.53 bits per heavy atom. The van der Waals surface area contributed by atoms with Gasteiger partial charge < -0.3 is 10.5 Å². The van der Waals surface area contributed by atoms with E-state index in [0.717, 1.165) is 12.5 Å². The van der Waals surface area contributed by atoms with E-state index in [4.69, 9.17) is 10.5 Å². The van der Waals surface area contributed by atoms with Crippen LogP contribution < -0.4 is 5.73 Å². The molecule has 0 aromatic rings. The van der Waals surface area contributed by atoms with Gasteiger partial charge in [0.2, 0.25) is 0 Å². The average molecular weight is 268 g/mol. The Labute approximate surface area is 118 Å². The van der Waals surface area contributed by atoms with Gasteiger partial charge in [0.15, 0.2) is 0 Å². The van der Waals surface area contributed by atoms with Gasteiger partial charge >= 0.3 is 0 Å². The molecule has 3 nitrogen and oxygen atoms in total. The minimum Gasteiger partial charge on any atom is -0.379 e. The second-order valence-corrected chi connectivity index (χ2v) is 7.58. The number of rotatable bonds is 3. The zero-order valence-corrected chi connectivity index (χ0v) is 13.2. The van der Waals surface area contributed by atoms with Crippen molar-refractivity contribution in [2.24, 2.45) is 17.1 Å². The van der Waals surface area contributed by atoms with Gasteiger partial charge in [0.25, 0.3) is 0 Å². The van der Waals surface area contributed by atoms with Gasteiger partial charge in [0.05, 0.1) is 11.6 Å². The summed E-state index contributed by atoms with van der Waals surface area (Å²) in [7, 11) is 1.86. The molecule has 0 radical (unpaired) electrons. The van der Waals surface area contributed by atoms with E-state index in [9.17, 15) is 0 Å². The lowest BCUT2D eigenvalue weighted by Gasteiger charge is -2.49. The molecule has 1 aliphatic carbocycles. The SMILES string of the molecule is COC1CCCCC1(CN)N1CCC(C(C)(C)C)C1.